The minimum atomic E-state index is -0.288. The normalized spacial score (nSPS) is 10.1. The zero-order valence-corrected chi connectivity index (χ0v) is 12.4. The fourth-order valence-corrected chi connectivity index (χ4v) is 2.22. The first-order valence-corrected chi connectivity index (χ1v) is 8.04. The van der Waals surface area contributed by atoms with E-state index >= 15 is 0 Å². The minimum absolute atomic E-state index is 0.288. The van der Waals surface area contributed by atoms with E-state index in [0.717, 1.165) is 10.6 Å². The third-order valence-corrected chi connectivity index (χ3v) is 3.92. The van der Waals surface area contributed by atoms with E-state index < -0.39 is 0 Å². The number of hydrogen-bond donors (Lipinski definition) is 0. The second-order valence-corrected chi connectivity index (χ2v) is 5.87. The summed E-state index contributed by atoms with van der Waals surface area (Å²) >= 11 is 3.25. The predicted octanol–water partition coefficient (Wildman–Crippen LogP) is 3.55. The lowest BCUT2D eigenvalue weighted by Crippen LogP contribution is -2.10. The molecule has 0 saturated carbocycles. The van der Waals surface area contributed by atoms with Crippen LogP contribution in [0, 0.1) is 6.92 Å². The Balaban J connectivity index is 2.32. The highest BCUT2D eigenvalue weighted by Gasteiger charge is 2.08. The Kier molecular flexibility index (Phi) is 6.98. The minimum Gasteiger partial charge on any atom is -0.461 e. The number of carbonyl (C=O) groups excluding carboxylic acids is 1. The molecule has 0 saturated heterocycles. The molecule has 0 radical (unpaired) electrons. The van der Waals surface area contributed by atoms with Crippen molar-refractivity contribution in [1.29, 1.82) is 0 Å². The number of thioether (sulfide) groups is 2. The molecule has 18 heavy (non-hydrogen) atoms. The van der Waals surface area contributed by atoms with Crippen molar-refractivity contribution in [3.63, 3.8) is 0 Å². The van der Waals surface area contributed by atoms with Crippen LogP contribution in [0.15, 0.2) is 41.3 Å². The van der Waals surface area contributed by atoms with E-state index in [2.05, 4.69) is 25.6 Å². The van der Waals surface area contributed by atoms with Gasteiger partial charge in [0.1, 0.15) is 6.61 Å². The van der Waals surface area contributed by atoms with Crippen LogP contribution in [0.1, 0.15) is 5.56 Å². The van der Waals surface area contributed by atoms with Gasteiger partial charge in [0, 0.05) is 22.0 Å². The van der Waals surface area contributed by atoms with Crippen molar-refractivity contribution in [1.82, 2.24) is 0 Å². The number of hydrogen-bond acceptors (Lipinski definition) is 4. The predicted molar refractivity (Wildman–Crippen MR) is 80.4 cm³/mol. The highest BCUT2D eigenvalue weighted by atomic mass is 32.2. The Bertz CT molecular complexity index is 399. The van der Waals surface area contributed by atoms with Crippen molar-refractivity contribution in [2.24, 2.45) is 0 Å². The summed E-state index contributed by atoms with van der Waals surface area (Å²) in [6, 6.07) is 8.21. The van der Waals surface area contributed by atoms with E-state index in [-0.39, 0.29) is 5.97 Å². The lowest BCUT2D eigenvalue weighted by molar-refractivity contribution is -0.138. The molecule has 98 valence electrons. The molecule has 2 nitrogen and oxygen atoms in total. The van der Waals surface area contributed by atoms with Gasteiger partial charge in [0.25, 0.3) is 0 Å². The summed E-state index contributed by atoms with van der Waals surface area (Å²) in [4.78, 5) is 12.7. The maximum atomic E-state index is 11.5. The van der Waals surface area contributed by atoms with Crippen molar-refractivity contribution in [2.75, 3.05) is 24.4 Å². The monoisotopic (exact) mass is 282 g/mol. The molecule has 0 aromatic heterocycles. The van der Waals surface area contributed by atoms with Crippen LogP contribution in [-0.2, 0) is 9.53 Å². The van der Waals surface area contributed by atoms with Crippen molar-refractivity contribution in [3.05, 3.63) is 42.0 Å². The largest absolute Gasteiger partial charge is 0.461 e. The maximum Gasteiger partial charge on any atom is 0.334 e. The van der Waals surface area contributed by atoms with Crippen LogP contribution in [-0.4, -0.2) is 30.3 Å². The van der Waals surface area contributed by atoms with E-state index in [1.807, 2.05) is 18.4 Å². The van der Waals surface area contributed by atoms with E-state index in [4.69, 9.17) is 4.74 Å². The molecule has 1 rings (SSSR count). The van der Waals surface area contributed by atoms with Gasteiger partial charge in [-0.25, -0.2) is 4.79 Å². The van der Waals surface area contributed by atoms with Crippen LogP contribution < -0.4 is 0 Å². The Morgan fingerprint density at radius 2 is 2.00 bits per heavy atom. The fourth-order valence-electron chi connectivity index (χ4n) is 1.18. The highest BCUT2D eigenvalue weighted by Crippen LogP contribution is 2.20. The molecule has 4 heteroatoms. The van der Waals surface area contributed by atoms with Gasteiger partial charge in [-0.1, -0.05) is 24.3 Å². The summed E-state index contributed by atoms with van der Waals surface area (Å²) in [5, 5.41) is 0. The molecule has 0 amide bonds. The number of ether oxygens (including phenoxy) is 1. The van der Waals surface area contributed by atoms with Crippen LogP contribution in [0.3, 0.4) is 0 Å². The summed E-state index contributed by atoms with van der Waals surface area (Å²) in [6.45, 7) is 6.27. The molecule has 0 heterocycles. The van der Waals surface area contributed by atoms with Crippen molar-refractivity contribution < 1.29 is 9.53 Å². The lowest BCUT2D eigenvalue weighted by Gasteiger charge is -2.06. The molecule has 0 aliphatic rings. The van der Waals surface area contributed by atoms with Crippen molar-refractivity contribution in [3.8, 4) is 0 Å². The number of benzene rings is 1. The van der Waals surface area contributed by atoms with Crippen molar-refractivity contribution in [2.45, 2.75) is 11.8 Å². The standard InChI is InChI=1S/C14H18O2S2/c1-11-4-6-13(7-5-11)18-10-12(2)14(15)16-8-9-17-3/h4-7H,2,8-10H2,1,3H3. The molecule has 1 aromatic carbocycles. The lowest BCUT2D eigenvalue weighted by atomic mass is 10.2. The van der Waals surface area contributed by atoms with E-state index in [0.29, 0.717) is 17.9 Å². The molecule has 0 spiro atoms. The molecule has 0 aliphatic heterocycles. The van der Waals surface area contributed by atoms with Crippen molar-refractivity contribution >= 4 is 29.5 Å². The molecular weight excluding hydrogens is 264 g/mol. The summed E-state index contributed by atoms with van der Waals surface area (Å²) in [5.41, 5.74) is 1.75. The zero-order valence-electron chi connectivity index (χ0n) is 10.8. The van der Waals surface area contributed by atoms with Gasteiger partial charge in [0.2, 0.25) is 0 Å². The van der Waals surface area contributed by atoms with E-state index in [9.17, 15) is 4.79 Å². The number of rotatable bonds is 7. The quantitative estimate of drug-likeness (QED) is 0.331. The number of aryl methyl sites for hydroxylation is 1. The summed E-state index contributed by atoms with van der Waals surface area (Å²) in [5.74, 6) is 1.11. The van der Waals surface area contributed by atoms with Crippen LogP contribution in [0.2, 0.25) is 0 Å². The molecule has 0 bridgehead atoms. The highest BCUT2D eigenvalue weighted by molar-refractivity contribution is 7.99. The van der Waals surface area contributed by atoms with Gasteiger partial charge >= 0.3 is 5.97 Å². The number of carbonyl (C=O) groups is 1. The van der Waals surface area contributed by atoms with E-state index in [1.54, 1.807) is 23.5 Å². The first-order valence-electron chi connectivity index (χ1n) is 5.67. The Hall–Kier alpha value is -0.870. The first kappa shape index (κ1) is 15.2. The van der Waals surface area contributed by atoms with Gasteiger partial charge in [-0.2, -0.15) is 11.8 Å². The van der Waals surface area contributed by atoms with Gasteiger partial charge < -0.3 is 4.74 Å². The molecule has 0 fully saturated rings. The summed E-state index contributed by atoms with van der Waals surface area (Å²) in [7, 11) is 0. The van der Waals surface area contributed by atoms with Crippen LogP contribution in [0.4, 0.5) is 0 Å². The van der Waals surface area contributed by atoms with Crippen LogP contribution >= 0.6 is 23.5 Å². The Labute approximate surface area is 117 Å². The van der Waals surface area contributed by atoms with Gasteiger partial charge in [-0.15, -0.1) is 11.8 Å². The zero-order chi connectivity index (χ0) is 13.4. The molecule has 0 unspecified atom stereocenters. The average Bonchev–Trinajstić information content (AvgIpc) is 2.38. The molecule has 0 N–H and O–H groups in total. The van der Waals surface area contributed by atoms with Gasteiger partial charge in [-0.3, -0.25) is 0 Å². The Morgan fingerprint density at radius 3 is 2.61 bits per heavy atom. The topological polar surface area (TPSA) is 26.3 Å². The third-order valence-electron chi connectivity index (χ3n) is 2.24. The Morgan fingerprint density at radius 1 is 1.33 bits per heavy atom. The maximum absolute atomic E-state index is 11.5. The van der Waals surface area contributed by atoms with Gasteiger partial charge in [-0.05, 0) is 25.3 Å². The summed E-state index contributed by atoms with van der Waals surface area (Å²) < 4.78 is 5.08. The molecular formula is C14H18O2S2. The van der Waals surface area contributed by atoms with Crippen LogP contribution in [0.25, 0.3) is 0 Å². The fraction of sp³-hybridized carbons (Fsp3) is 0.357. The average molecular weight is 282 g/mol. The van der Waals surface area contributed by atoms with Gasteiger partial charge in [0.15, 0.2) is 0 Å². The second kappa shape index (κ2) is 8.27. The van der Waals surface area contributed by atoms with E-state index in [1.165, 1.54) is 5.56 Å². The first-order chi connectivity index (χ1) is 8.63. The SMILES string of the molecule is C=C(CSc1ccc(C)cc1)C(=O)OCCSC. The second-order valence-electron chi connectivity index (χ2n) is 3.83. The summed E-state index contributed by atoms with van der Waals surface area (Å²) in [6.07, 6.45) is 1.98. The molecule has 0 aliphatic carbocycles. The smallest absolute Gasteiger partial charge is 0.334 e. The molecule has 0 atom stereocenters. The van der Waals surface area contributed by atoms with Gasteiger partial charge in [0.05, 0.1) is 0 Å². The van der Waals surface area contributed by atoms with Crippen LogP contribution in [0.5, 0.6) is 0 Å². The third kappa shape index (κ3) is 5.65. The number of esters is 1. The molecule has 1 aromatic rings.